The van der Waals surface area contributed by atoms with E-state index in [-0.39, 0.29) is 11.9 Å². The first-order chi connectivity index (χ1) is 13.7. The number of hydrogen-bond donors (Lipinski definition) is 0. The molecule has 2 atom stereocenters. The van der Waals surface area contributed by atoms with Crippen LogP contribution in [-0.4, -0.2) is 45.8 Å². The van der Waals surface area contributed by atoms with Crippen LogP contribution in [0.3, 0.4) is 0 Å². The SMILES string of the molecule is COc1ccc(CC2=NO[C@@H](C(=O)N3CCCC[C@@H]3c3nccn3C)C2)cc1. The molecule has 2 aromatic rings. The third-order valence-corrected chi connectivity index (χ3v) is 5.52. The third kappa shape index (κ3) is 3.74. The third-order valence-electron chi connectivity index (χ3n) is 5.52. The van der Waals surface area contributed by atoms with Crippen LogP contribution in [0.2, 0.25) is 0 Å². The molecular formula is C21H26N4O3. The van der Waals surface area contributed by atoms with Crippen LogP contribution in [0.15, 0.2) is 41.8 Å². The molecule has 7 heteroatoms. The normalized spacial score (nSPS) is 21.9. The molecule has 148 valence electrons. The van der Waals surface area contributed by atoms with Gasteiger partial charge < -0.3 is 19.0 Å². The Morgan fingerprint density at radius 3 is 2.82 bits per heavy atom. The first-order valence-electron chi connectivity index (χ1n) is 9.78. The highest BCUT2D eigenvalue weighted by atomic mass is 16.6. The summed E-state index contributed by atoms with van der Waals surface area (Å²) in [6, 6.07) is 7.89. The number of aromatic nitrogens is 2. The minimum absolute atomic E-state index is 0.00971. The molecule has 2 aliphatic heterocycles. The summed E-state index contributed by atoms with van der Waals surface area (Å²) in [6.45, 7) is 0.740. The Kier molecular flexibility index (Phi) is 5.32. The summed E-state index contributed by atoms with van der Waals surface area (Å²) >= 11 is 0. The largest absolute Gasteiger partial charge is 0.497 e. The summed E-state index contributed by atoms with van der Waals surface area (Å²) < 4.78 is 7.19. The van der Waals surface area contributed by atoms with Crippen molar-refractivity contribution in [1.29, 1.82) is 0 Å². The van der Waals surface area contributed by atoms with Gasteiger partial charge in [-0.25, -0.2) is 4.98 Å². The van der Waals surface area contributed by atoms with Crippen molar-refractivity contribution in [3.63, 3.8) is 0 Å². The zero-order valence-corrected chi connectivity index (χ0v) is 16.4. The zero-order chi connectivity index (χ0) is 19.5. The molecule has 0 radical (unpaired) electrons. The number of amides is 1. The fourth-order valence-electron chi connectivity index (χ4n) is 3.99. The first kappa shape index (κ1) is 18.5. The van der Waals surface area contributed by atoms with E-state index in [0.717, 1.165) is 48.7 Å². The summed E-state index contributed by atoms with van der Waals surface area (Å²) in [7, 11) is 3.63. The van der Waals surface area contributed by atoms with Gasteiger partial charge in [0.15, 0.2) is 0 Å². The molecule has 0 saturated carbocycles. The Balaban J connectivity index is 1.40. The predicted octanol–water partition coefficient (Wildman–Crippen LogP) is 2.87. The second-order valence-electron chi connectivity index (χ2n) is 7.42. The predicted molar refractivity (Wildman–Crippen MR) is 105 cm³/mol. The summed E-state index contributed by atoms with van der Waals surface area (Å²) in [5, 5.41) is 4.19. The van der Waals surface area contributed by atoms with E-state index in [1.54, 1.807) is 13.3 Å². The lowest BCUT2D eigenvalue weighted by molar-refractivity contribution is -0.146. The molecule has 2 aliphatic rings. The number of nitrogens with zero attached hydrogens (tertiary/aromatic N) is 4. The van der Waals surface area contributed by atoms with Crippen LogP contribution < -0.4 is 4.74 Å². The van der Waals surface area contributed by atoms with Gasteiger partial charge in [0.05, 0.1) is 18.9 Å². The average molecular weight is 382 g/mol. The number of ether oxygens (including phenoxy) is 1. The number of rotatable bonds is 5. The van der Waals surface area contributed by atoms with Gasteiger partial charge in [0, 0.05) is 38.8 Å². The molecule has 7 nitrogen and oxygen atoms in total. The van der Waals surface area contributed by atoms with Gasteiger partial charge in [-0.2, -0.15) is 0 Å². The van der Waals surface area contributed by atoms with Gasteiger partial charge in [0.2, 0.25) is 6.10 Å². The zero-order valence-electron chi connectivity index (χ0n) is 16.4. The number of oxime groups is 1. The Morgan fingerprint density at radius 1 is 1.29 bits per heavy atom. The number of imidazole rings is 1. The maximum atomic E-state index is 13.2. The van der Waals surface area contributed by atoms with E-state index >= 15 is 0 Å². The lowest BCUT2D eigenvalue weighted by atomic mass is 9.99. The standard InChI is InChI=1S/C21H26N4O3/c1-24-12-10-22-20(24)18-5-3-4-11-25(18)21(26)19-14-16(23-28-19)13-15-6-8-17(27-2)9-7-15/h6-10,12,18-19H,3-5,11,13-14H2,1-2H3/t18-,19-/m1/s1. The van der Waals surface area contributed by atoms with Gasteiger partial charge in [-0.3, -0.25) is 4.79 Å². The van der Waals surface area contributed by atoms with Gasteiger partial charge in [-0.05, 0) is 37.0 Å². The maximum Gasteiger partial charge on any atom is 0.267 e. The highest BCUT2D eigenvalue weighted by molar-refractivity contribution is 5.94. The Labute approximate surface area is 164 Å². The number of carbonyl (C=O) groups excluding carboxylic acids is 1. The summed E-state index contributed by atoms with van der Waals surface area (Å²) in [4.78, 5) is 25.1. The van der Waals surface area contributed by atoms with Crippen molar-refractivity contribution in [2.24, 2.45) is 12.2 Å². The molecule has 1 aromatic heterocycles. The van der Waals surface area contributed by atoms with Gasteiger partial charge in [-0.1, -0.05) is 17.3 Å². The van der Waals surface area contributed by atoms with Crippen molar-refractivity contribution in [2.45, 2.75) is 44.2 Å². The van der Waals surface area contributed by atoms with Gasteiger partial charge in [0.25, 0.3) is 5.91 Å². The van der Waals surface area contributed by atoms with Crippen molar-refractivity contribution in [3.8, 4) is 5.75 Å². The van der Waals surface area contributed by atoms with Crippen molar-refractivity contribution >= 4 is 11.6 Å². The molecule has 1 aromatic carbocycles. The van der Waals surface area contributed by atoms with Gasteiger partial charge in [0.1, 0.15) is 11.6 Å². The van der Waals surface area contributed by atoms with E-state index in [4.69, 9.17) is 9.57 Å². The van der Waals surface area contributed by atoms with Crippen molar-refractivity contribution in [1.82, 2.24) is 14.5 Å². The van der Waals surface area contributed by atoms with Gasteiger partial charge >= 0.3 is 0 Å². The maximum absolute atomic E-state index is 13.2. The number of aryl methyl sites for hydroxylation is 1. The average Bonchev–Trinajstić information content (AvgIpc) is 3.37. The van der Waals surface area contributed by atoms with Crippen LogP contribution in [0.25, 0.3) is 0 Å². The lowest BCUT2D eigenvalue weighted by Crippen LogP contribution is -2.44. The summed E-state index contributed by atoms with van der Waals surface area (Å²) in [5.74, 6) is 1.78. The van der Waals surface area contributed by atoms with Crippen LogP contribution in [0.5, 0.6) is 5.75 Å². The molecule has 0 spiro atoms. The topological polar surface area (TPSA) is 69.0 Å². The van der Waals surface area contributed by atoms with E-state index in [2.05, 4.69) is 10.1 Å². The first-order valence-corrected chi connectivity index (χ1v) is 9.78. The minimum Gasteiger partial charge on any atom is -0.497 e. The van der Waals surface area contributed by atoms with Crippen LogP contribution in [-0.2, 0) is 23.1 Å². The number of piperidine rings is 1. The van der Waals surface area contributed by atoms with E-state index < -0.39 is 6.10 Å². The minimum atomic E-state index is -0.533. The number of carbonyl (C=O) groups is 1. The molecule has 0 N–H and O–H groups in total. The molecule has 1 fully saturated rings. The Bertz CT molecular complexity index is 859. The van der Waals surface area contributed by atoms with Crippen molar-refractivity contribution < 1.29 is 14.4 Å². The fraction of sp³-hybridized carbons (Fsp3) is 0.476. The second kappa shape index (κ2) is 8.04. The number of benzene rings is 1. The highest BCUT2D eigenvalue weighted by Gasteiger charge is 2.37. The molecule has 1 amide bonds. The van der Waals surface area contributed by atoms with E-state index in [1.807, 2.05) is 47.0 Å². The fourth-order valence-corrected chi connectivity index (χ4v) is 3.99. The highest BCUT2D eigenvalue weighted by Crippen LogP contribution is 2.31. The molecule has 3 heterocycles. The Morgan fingerprint density at radius 2 is 2.11 bits per heavy atom. The lowest BCUT2D eigenvalue weighted by Gasteiger charge is -2.36. The number of likely N-dealkylation sites (tertiary alicyclic amines) is 1. The Hall–Kier alpha value is -2.83. The molecule has 1 saturated heterocycles. The van der Waals surface area contributed by atoms with Crippen LogP contribution in [0.4, 0.5) is 0 Å². The number of methoxy groups -OCH3 is 1. The van der Waals surface area contributed by atoms with Crippen LogP contribution in [0.1, 0.15) is 43.1 Å². The molecule has 0 aliphatic carbocycles. The van der Waals surface area contributed by atoms with Crippen molar-refractivity contribution in [2.75, 3.05) is 13.7 Å². The molecule has 0 bridgehead atoms. The van der Waals surface area contributed by atoms with Crippen LogP contribution >= 0.6 is 0 Å². The molecule has 0 unspecified atom stereocenters. The summed E-state index contributed by atoms with van der Waals surface area (Å²) in [5.41, 5.74) is 2.02. The second-order valence-corrected chi connectivity index (χ2v) is 7.42. The van der Waals surface area contributed by atoms with E-state index in [0.29, 0.717) is 12.8 Å². The van der Waals surface area contributed by atoms with Gasteiger partial charge in [-0.15, -0.1) is 0 Å². The van der Waals surface area contributed by atoms with E-state index in [9.17, 15) is 4.79 Å². The smallest absolute Gasteiger partial charge is 0.267 e. The molecule has 4 rings (SSSR count). The monoisotopic (exact) mass is 382 g/mol. The summed E-state index contributed by atoms with van der Waals surface area (Å²) in [6.07, 6.45) is 7.44. The van der Waals surface area contributed by atoms with Crippen LogP contribution in [0, 0.1) is 0 Å². The molecule has 28 heavy (non-hydrogen) atoms. The molecular weight excluding hydrogens is 356 g/mol. The van der Waals surface area contributed by atoms with Crippen molar-refractivity contribution in [3.05, 3.63) is 48.0 Å². The quantitative estimate of drug-likeness (QED) is 0.797. The number of hydrogen-bond acceptors (Lipinski definition) is 5. The van der Waals surface area contributed by atoms with E-state index in [1.165, 1.54) is 0 Å².